The van der Waals surface area contributed by atoms with Crippen LogP contribution < -0.4 is 10.5 Å². The van der Waals surface area contributed by atoms with E-state index in [4.69, 9.17) is 10.5 Å². The number of nitrogens with zero attached hydrogens (tertiary/aromatic N) is 2. The van der Waals surface area contributed by atoms with E-state index in [0.29, 0.717) is 0 Å². The minimum Gasteiger partial charge on any atom is -0.488 e. The third-order valence-corrected chi connectivity index (χ3v) is 2.61. The van der Waals surface area contributed by atoms with E-state index in [-0.39, 0.29) is 12.1 Å². The number of rotatable bonds is 4. The highest BCUT2D eigenvalue weighted by Gasteiger charge is 2.04. The summed E-state index contributed by atoms with van der Waals surface area (Å²) >= 11 is 0. The molecule has 0 spiro atoms. The molecule has 0 saturated carbocycles. The number of nitrogens with two attached hydrogens (primary N) is 1. The molecule has 18 heavy (non-hydrogen) atoms. The lowest BCUT2D eigenvalue weighted by molar-refractivity contribution is 0.242. The lowest BCUT2D eigenvalue weighted by Crippen LogP contribution is -2.05. The summed E-state index contributed by atoms with van der Waals surface area (Å²) in [7, 11) is 0. The number of benzene rings is 1. The van der Waals surface area contributed by atoms with Gasteiger partial charge in [-0.3, -0.25) is 0 Å². The monoisotopic (exact) mass is 245 g/mol. The normalized spacial score (nSPS) is 12.7. The molecule has 96 valence electrons. The molecule has 2 rings (SSSR count). The van der Waals surface area contributed by atoms with Crippen LogP contribution in [0.3, 0.4) is 0 Å². The summed E-state index contributed by atoms with van der Waals surface area (Å²) in [5.74, 6) is 0.779. The van der Waals surface area contributed by atoms with Crippen LogP contribution >= 0.6 is 0 Å². The van der Waals surface area contributed by atoms with Gasteiger partial charge in [-0.2, -0.15) is 5.10 Å². The van der Waals surface area contributed by atoms with Crippen molar-refractivity contribution in [2.24, 2.45) is 5.73 Å². The van der Waals surface area contributed by atoms with Gasteiger partial charge < -0.3 is 10.5 Å². The predicted octanol–water partition coefficient (Wildman–Crippen LogP) is 2.68. The summed E-state index contributed by atoms with van der Waals surface area (Å²) in [6.07, 6.45) is 3.75. The molecule has 0 aliphatic heterocycles. The van der Waals surface area contributed by atoms with E-state index < -0.39 is 0 Å². The first-order chi connectivity index (χ1) is 8.56. The Morgan fingerprint density at radius 1 is 1.17 bits per heavy atom. The van der Waals surface area contributed by atoms with Gasteiger partial charge in [-0.25, -0.2) is 4.68 Å². The second kappa shape index (κ2) is 5.23. The molecule has 0 radical (unpaired) electrons. The van der Waals surface area contributed by atoms with Crippen molar-refractivity contribution in [1.29, 1.82) is 0 Å². The second-order valence-corrected chi connectivity index (χ2v) is 4.67. The van der Waals surface area contributed by atoms with Crippen LogP contribution in [-0.4, -0.2) is 15.9 Å². The fraction of sp³-hybridized carbons (Fsp3) is 0.357. The van der Waals surface area contributed by atoms with Crippen LogP contribution in [0, 0.1) is 0 Å². The van der Waals surface area contributed by atoms with Crippen LogP contribution in [0.25, 0.3) is 5.69 Å². The first-order valence-corrected chi connectivity index (χ1v) is 6.13. The average Bonchev–Trinajstić information content (AvgIpc) is 2.76. The fourth-order valence-electron chi connectivity index (χ4n) is 1.71. The zero-order chi connectivity index (χ0) is 13.1. The van der Waals surface area contributed by atoms with Crippen LogP contribution in [0.15, 0.2) is 36.7 Å². The molecule has 0 saturated heterocycles. The van der Waals surface area contributed by atoms with Gasteiger partial charge >= 0.3 is 0 Å². The molecule has 4 heteroatoms. The molecule has 1 aromatic carbocycles. The van der Waals surface area contributed by atoms with E-state index in [1.807, 2.05) is 51.2 Å². The average molecular weight is 245 g/mol. The van der Waals surface area contributed by atoms with Gasteiger partial charge in [0.1, 0.15) is 0 Å². The van der Waals surface area contributed by atoms with Gasteiger partial charge in [0.15, 0.2) is 5.75 Å². The van der Waals surface area contributed by atoms with Crippen LogP contribution in [-0.2, 0) is 0 Å². The maximum atomic E-state index is 5.82. The zero-order valence-electron chi connectivity index (χ0n) is 11.0. The maximum absolute atomic E-state index is 5.82. The molecule has 0 fully saturated rings. The zero-order valence-corrected chi connectivity index (χ0v) is 11.0. The fourth-order valence-corrected chi connectivity index (χ4v) is 1.71. The Kier molecular flexibility index (Phi) is 3.67. The van der Waals surface area contributed by atoms with Crippen molar-refractivity contribution in [1.82, 2.24) is 9.78 Å². The molecule has 1 atom stereocenters. The van der Waals surface area contributed by atoms with Gasteiger partial charge in [0, 0.05) is 6.04 Å². The van der Waals surface area contributed by atoms with Crippen molar-refractivity contribution in [2.45, 2.75) is 32.9 Å². The van der Waals surface area contributed by atoms with Crippen molar-refractivity contribution < 1.29 is 4.74 Å². The molecule has 1 aromatic heterocycles. The third-order valence-electron chi connectivity index (χ3n) is 2.61. The van der Waals surface area contributed by atoms with Crippen LogP contribution in [0.2, 0.25) is 0 Å². The molecule has 2 N–H and O–H groups in total. The predicted molar refractivity (Wildman–Crippen MR) is 71.9 cm³/mol. The number of aromatic nitrogens is 2. The first kappa shape index (κ1) is 12.6. The maximum Gasteiger partial charge on any atom is 0.158 e. The third kappa shape index (κ3) is 2.90. The topological polar surface area (TPSA) is 53.1 Å². The van der Waals surface area contributed by atoms with E-state index in [1.165, 1.54) is 0 Å². The summed E-state index contributed by atoms with van der Waals surface area (Å²) in [4.78, 5) is 0. The summed E-state index contributed by atoms with van der Waals surface area (Å²) < 4.78 is 7.37. The Morgan fingerprint density at radius 2 is 1.83 bits per heavy atom. The summed E-state index contributed by atoms with van der Waals surface area (Å²) in [6, 6.07) is 8.10. The van der Waals surface area contributed by atoms with Crippen molar-refractivity contribution in [3.8, 4) is 11.4 Å². The van der Waals surface area contributed by atoms with Gasteiger partial charge in [-0.15, -0.1) is 0 Å². The Labute approximate surface area is 107 Å². The Hall–Kier alpha value is -1.81. The van der Waals surface area contributed by atoms with Gasteiger partial charge in [0.2, 0.25) is 0 Å². The van der Waals surface area contributed by atoms with Crippen molar-refractivity contribution in [3.05, 3.63) is 42.2 Å². The van der Waals surface area contributed by atoms with Crippen LogP contribution in [0.4, 0.5) is 0 Å². The molecule has 0 aliphatic carbocycles. The van der Waals surface area contributed by atoms with E-state index in [1.54, 1.807) is 10.9 Å². The van der Waals surface area contributed by atoms with Gasteiger partial charge in [0.25, 0.3) is 0 Å². The molecular formula is C14H19N3O. The van der Waals surface area contributed by atoms with Gasteiger partial charge in [-0.05, 0) is 38.5 Å². The highest BCUT2D eigenvalue weighted by atomic mass is 16.5. The van der Waals surface area contributed by atoms with E-state index in [0.717, 1.165) is 17.0 Å². The lowest BCUT2D eigenvalue weighted by Gasteiger charge is -2.07. The SMILES string of the molecule is CC(C)Oc1cnn(-c2ccc([C@@H](C)N)cc2)c1. The van der Waals surface area contributed by atoms with E-state index >= 15 is 0 Å². The molecule has 0 bridgehead atoms. The van der Waals surface area contributed by atoms with Crippen molar-refractivity contribution in [3.63, 3.8) is 0 Å². The number of hydrogen-bond acceptors (Lipinski definition) is 3. The molecule has 1 heterocycles. The van der Waals surface area contributed by atoms with E-state index in [9.17, 15) is 0 Å². The second-order valence-electron chi connectivity index (χ2n) is 4.67. The first-order valence-electron chi connectivity index (χ1n) is 6.13. The Bertz CT molecular complexity index is 500. The Morgan fingerprint density at radius 3 is 2.39 bits per heavy atom. The molecule has 0 unspecified atom stereocenters. The highest BCUT2D eigenvalue weighted by Crippen LogP contribution is 2.17. The number of hydrogen-bond donors (Lipinski definition) is 1. The van der Waals surface area contributed by atoms with Gasteiger partial charge in [-0.1, -0.05) is 12.1 Å². The molecule has 0 amide bonds. The lowest BCUT2D eigenvalue weighted by atomic mass is 10.1. The largest absolute Gasteiger partial charge is 0.488 e. The molecule has 2 aromatic rings. The summed E-state index contributed by atoms with van der Waals surface area (Å²) in [6.45, 7) is 5.96. The molecule has 4 nitrogen and oxygen atoms in total. The van der Waals surface area contributed by atoms with Crippen molar-refractivity contribution in [2.75, 3.05) is 0 Å². The number of ether oxygens (including phenoxy) is 1. The summed E-state index contributed by atoms with van der Waals surface area (Å²) in [5.41, 5.74) is 7.93. The Balaban J connectivity index is 2.18. The van der Waals surface area contributed by atoms with Crippen molar-refractivity contribution >= 4 is 0 Å². The molecule has 0 aliphatic rings. The molecular weight excluding hydrogens is 226 g/mol. The van der Waals surface area contributed by atoms with Crippen LogP contribution in [0.1, 0.15) is 32.4 Å². The standard InChI is InChI=1S/C14H19N3O/c1-10(2)18-14-8-16-17(9-14)13-6-4-12(5-7-13)11(3)15/h4-11H,15H2,1-3H3/t11-/m1/s1. The quantitative estimate of drug-likeness (QED) is 0.901. The van der Waals surface area contributed by atoms with Crippen LogP contribution in [0.5, 0.6) is 5.75 Å². The smallest absolute Gasteiger partial charge is 0.158 e. The van der Waals surface area contributed by atoms with Gasteiger partial charge in [0.05, 0.1) is 24.2 Å². The minimum absolute atomic E-state index is 0.0523. The highest BCUT2D eigenvalue weighted by molar-refractivity contribution is 5.36. The summed E-state index contributed by atoms with van der Waals surface area (Å²) in [5, 5.41) is 4.27. The van der Waals surface area contributed by atoms with E-state index in [2.05, 4.69) is 5.10 Å². The minimum atomic E-state index is 0.0523.